The molecule has 0 radical (unpaired) electrons. The molecule has 0 spiro atoms. The third-order valence-electron chi connectivity index (χ3n) is 2.74. The van der Waals surface area contributed by atoms with E-state index in [-0.39, 0.29) is 0 Å². The number of aryl methyl sites for hydroxylation is 2. The van der Waals surface area contributed by atoms with Crippen LogP contribution in [0.3, 0.4) is 0 Å². The van der Waals surface area contributed by atoms with Crippen LogP contribution in [-0.2, 0) is 0 Å². The summed E-state index contributed by atoms with van der Waals surface area (Å²) in [5.41, 5.74) is 2.36. The predicted molar refractivity (Wildman–Crippen MR) is 77.0 cm³/mol. The summed E-state index contributed by atoms with van der Waals surface area (Å²) in [5.74, 6) is 1.53. The second kappa shape index (κ2) is 7.44. The lowest BCUT2D eigenvalue weighted by atomic mass is 10.1. The number of aromatic hydroxyl groups is 1. The van der Waals surface area contributed by atoms with Crippen molar-refractivity contribution in [3.05, 3.63) is 35.9 Å². The van der Waals surface area contributed by atoms with Gasteiger partial charge in [-0.3, -0.25) is 0 Å². The van der Waals surface area contributed by atoms with Crippen molar-refractivity contribution in [3.63, 3.8) is 0 Å². The first-order valence-electron chi connectivity index (χ1n) is 6.19. The zero-order valence-corrected chi connectivity index (χ0v) is 11.6. The fourth-order valence-corrected chi connectivity index (χ4v) is 3.02. The summed E-state index contributed by atoms with van der Waals surface area (Å²) in [7, 11) is 0. The molecule has 0 unspecified atom stereocenters. The van der Waals surface area contributed by atoms with Gasteiger partial charge in [-0.1, -0.05) is 12.5 Å². The Morgan fingerprint density at radius 3 is 2.41 bits per heavy atom. The zero-order valence-electron chi connectivity index (χ0n) is 10.8. The van der Waals surface area contributed by atoms with Crippen LogP contribution >= 0.6 is 11.8 Å². The van der Waals surface area contributed by atoms with Crippen molar-refractivity contribution in [2.24, 2.45) is 0 Å². The molecule has 1 rings (SSSR count). The van der Waals surface area contributed by atoms with E-state index in [9.17, 15) is 5.11 Å². The van der Waals surface area contributed by atoms with Gasteiger partial charge in [0.15, 0.2) is 0 Å². The van der Waals surface area contributed by atoms with Gasteiger partial charge < -0.3 is 5.11 Å². The molecule has 0 aliphatic rings. The Labute approximate surface area is 109 Å². The standard InChI is InChI=1S/C15H22OS/c1-4-5-6-7-8-9-17-15-12(2)10-14(16)11-13(15)3/h4,10-11,16H,1,5-9H2,2-3H3. The van der Waals surface area contributed by atoms with Gasteiger partial charge in [-0.15, -0.1) is 18.3 Å². The first kappa shape index (κ1) is 14.2. The van der Waals surface area contributed by atoms with Crippen molar-refractivity contribution in [3.8, 4) is 5.75 Å². The molecule has 0 aliphatic heterocycles. The molecule has 94 valence electrons. The predicted octanol–water partition coefficient (Wildman–Crippen LogP) is 4.85. The minimum absolute atomic E-state index is 0.371. The molecule has 0 aliphatic carbocycles. The summed E-state index contributed by atoms with van der Waals surface area (Å²) >= 11 is 1.90. The Morgan fingerprint density at radius 2 is 1.82 bits per heavy atom. The van der Waals surface area contributed by atoms with Gasteiger partial charge in [0.2, 0.25) is 0 Å². The molecule has 0 saturated carbocycles. The van der Waals surface area contributed by atoms with E-state index in [0.29, 0.717) is 5.75 Å². The van der Waals surface area contributed by atoms with E-state index in [1.165, 1.54) is 35.3 Å². The Hall–Kier alpha value is -0.890. The highest BCUT2D eigenvalue weighted by molar-refractivity contribution is 7.99. The maximum absolute atomic E-state index is 9.47. The zero-order chi connectivity index (χ0) is 12.7. The fourth-order valence-electron chi connectivity index (χ4n) is 1.90. The molecule has 0 amide bonds. The molecule has 0 fully saturated rings. The van der Waals surface area contributed by atoms with Crippen molar-refractivity contribution >= 4 is 11.8 Å². The highest BCUT2D eigenvalue weighted by atomic mass is 32.2. The molecular formula is C15H22OS. The summed E-state index contributed by atoms with van der Waals surface area (Å²) in [6.45, 7) is 7.85. The fraction of sp³-hybridized carbons (Fsp3) is 0.467. The van der Waals surface area contributed by atoms with Crippen LogP contribution in [0.1, 0.15) is 36.8 Å². The summed E-state index contributed by atoms with van der Waals surface area (Å²) in [6, 6.07) is 3.68. The van der Waals surface area contributed by atoms with Crippen LogP contribution in [0, 0.1) is 13.8 Å². The van der Waals surface area contributed by atoms with Gasteiger partial charge >= 0.3 is 0 Å². The summed E-state index contributed by atoms with van der Waals surface area (Å²) < 4.78 is 0. The van der Waals surface area contributed by atoms with Crippen LogP contribution in [0.25, 0.3) is 0 Å². The van der Waals surface area contributed by atoms with Gasteiger partial charge in [-0.25, -0.2) is 0 Å². The highest BCUT2D eigenvalue weighted by Crippen LogP contribution is 2.30. The number of unbranched alkanes of at least 4 members (excludes halogenated alkanes) is 3. The van der Waals surface area contributed by atoms with E-state index in [4.69, 9.17) is 0 Å². The number of hydrogen-bond acceptors (Lipinski definition) is 2. The molecule has 1 N–H and O–H groups in total. The molecule has 0 saturated heterocycles. The van der Waals surface area contributed by atoms with Gasteiger partial charge in [-0.05, 0) is 62.1 Å². The quantitative estimate of drug-likeness (QED) is 0.424. The van der Waals surface area contributed by atoms with Crippen LogP contribution < -0.4 is 0 Å². The average Bonchev–Trinajstić information content (AvgIpc) is 2.26. The first-order valence-corrected chi connectivity index (χ1v) is 7.17. The number of hydrogen-bond donors (Lipinski definition) is 1. The third-order valence-corrected chi connectivity index (χ3v) is 4.17. The second-order valence-corrected chi connectivity index (χ2v) is 5.50. The first-order chi connectivity index (χ1) is 8.15. The Morgan fingerprint density at radius 1 is 1.18 bits per heavy atom. The largest absolute Gasteiger partial charge is 0.508 e. The highest BCUT2D eigenvalue weighted by Gasteiger charge is 2.05. The third kappa shape index (κ3) is 4.86. The maximum atomic E-state index is 9.47. The number of allylic oxidation sites excluding steroid dienone is 1. The van der Waals surface area contributed by atoms with Gasteiger partial charge in [-0.2, -0.15) is 0 Å². The lowest BCUT2D eigenvalue weighted by Gasteiger charge is -2.09. The molecule has 1 aromatic carbocycles. The number of phenolic OH excluding ortho intramolecular Hbond substituents is 1. The Kier molecular flexibility index (Phi) is 6.20. The van der Waals surface area contributed by atoms with E-state index in [0.717, 1.165) is 12.2 Å². The monoisotopic (exact) mass is 250 g/mol. The van der Waals surface area contributed by atoms with Crippen molar-refractivity contribution in [2.45, 2.75) is 44.4 Å². The molecule has 17 heavy (non-hydrogen) atoms. The summed E-state index contributed by atoms with van der Waals surface area (Å²) in [5, 5.41) is 9.47. The molecular weight excluding hydrogens is 228 g/mol. The summed E-state index contributed by atoms with van der Waals surface area (Å²) in [4.78, 5) is 1.33. The number of thioether (sulfide) groups is 1. The topological polar surface area (TPSA) is 20.2 Å². The normalized spacial score (nSPS) is 10.5. The molecule has 1 nitrogen and oxygen atoms in total. The molecule has 0 aromatic heterocycles. The lowest BCUT2D eigenvalue weighted by molar-refractivity contribution is 0.474. The van der Waals surface area contributed by atoms with Gasteiger partial charge in [0, 0.05) is 4.90 Å². The van der Waals surface area contributed by atoms with Gasteiger partial charge in [0.05, 0.1) is 0 Å². The van der Waals surface area contributed by atoms with Crippen molar-refractivity contribution in [2.75, 3.05) is 5.75 Å². The van der Waals surface area contributed by atoms with Crippen LogP contribution in [0.2, 0.25) is 0 Å². The van der Waals surface area contributed by atoms with E-state index < -0.39 is 0 Å². The number of benzene rings is 1. The van der Waals surface area contributed by atoms with E-state index in [2.05, 4.69) is 20.4 Å². The van der Waals surface area contributed by atoms with Gasteiger partial charge in [0.25, 0.3) is 0 Å². The molecule has 1 aromatic rings. The minimum Gasteiger partial charge on any atom is -0.508 e. The van der Waals surface area contributed by atoms with Crippen LogP contribution in [0.4, 0.5) is 0 Å². The number of rotatable bonds is 7. The van der Waals surface area contributed by atoms with E-state index in [1.807, 2.05) is 30.0 Å². The van der Waals surface area contributed by atoms with E-state index in [1.54, 1.807) is 0 Å². The minimum atomic E-state index is 0.371. The van der Waals surface area contributed by atoms with Crippen LogP contribution in [0.5, 0.6) is 5.75 Å². The van der Waals surface area contributed by atoms with Crippen molar-refractivity contribution in [1.82, 2.24) is 0 Å². The molecule has 0 heterocycles. The lowest BCUT2D eigenvalue weighted by Crippen LogP contribution is -1.88. The summed E-state index contributed by atoms with van der Waals surface area (Å²) in [6.07, 6.45) is 6.88. The maximum Gasteiger partial charge on any atom is 0.116 e. The van der Waals surface area contributed by atoms with Crippen LogP contribution in [-0.4, -0.2) is 10.9 Å². The molecule has 0 bridgehead atoms. The second-order valence-electron chi connectivity index (χ2n) is 4.40. The smallest absolute Gasteiger partial charge is 0.116 e. The average molecular weight is 250 g/mol. The number of phenols is 1. The Bertz CT molecular complexity index is 348. The molecule has 0 atom stereocenters. The van der Waals surface area contributed by atoms with Gasteiger partial charge in [0.1, 0.15) is 5.75 Å². The SMILES string of the molecule is C=CCCCCCSc1c(C)cc(O)cc1C. The van der Waals surface area contributed by atoms with E-state index >= 15 is 0 Å². The van der Waals surface area contributed by atoms with Crippen molar-refractivity contribution in [1.29, 1.82) is 0 Å². The van der Waals surface area contributed by atoms with Crippen molar-refractivity contribution < 1.29 is 5.11 Å². The Balaban J connectivity index is 2.39. The van der Waals surface area contributed by atoms with Crippen LogP contribution in [0.15, 0.2) is 29.7 Å². The molecule has 2 heteroatoms.